The molecule has 5 nitrogen and oxygen atoms in total. The highest BCUT2D eigenvalue weighted by Gasteiger charge is 2.29. The van der Waals surface area contributed by atoms with Crippen molar-refractivity contribution in [3.05, 3.63) is 29.8 Å². The topological polar surface area (TPSA) is 52.7 Å². The van der Waals surface area contributed by atoms with Crippen LogP contribution < -0.4 is 5.32 Å². The van der Waals surface area contributed by atoms with E-state index >= 15 is 0 Å². The number of piperazine rings is 1. The molecule has 1 N–H and O–H groups in total. The molecule has 1 saturated heterocycles. The second kappa shape index (κ2) is 7.76. The first-order valence-electron chi connectivity index (χ1n) is 8.72. The zero-order chi connectivity index (χ0) is 17.1. The summed E-state index contributed by atoms with van der Waals surface area (Å²) in [5, 5.41) is 3.10. The fraction of sp³-hybridized carbons (Fsp3) is 0.611. The molecule has 132 valence electrons. The van der Waals surface area contributed by atoms with Crippen LogP contribution in [0.4, 0.5) is 0 Å². The zero-order valence-corrected chi connectivity index (χ0v) is 15.3. The van der Waals surface area contributed by atoms with Crippen molar-refractivity contribution in [2.45, 2.75) is 43.3 Å². The van der Waals surface area contributed by atoms with Gasteiger partial charge in [0, 0.05) is 60.7 Å². The lowest BCUT2D eigenvalue weighted by molar-refractivity contribution is -0.126. The molecule has 1 aliphatic carbocycles. The fourth-order valence-corrected chi connectivity index (χ4v) is 3.59. The monoisotopic (exact) mass is 349 g/mol. The van der Waals surface area contributed by atoms with Crippen LogP contribution in [0, 0.1) is 0 Å². The summed E-state index contributed by atoms with van der Waals surface area (Å²) >= 11 is 0. The van der Waals surface area contributed by atoms with Gasteiger partial charge in [-0.2, -0.15) is 0 Å². The molecule has 1 aliphatic heterocycles. The van der Waals surface area contributed by atoms with E-state index in [4.69, 9.17) is 0 Å². The van der Waals surface area contributed by atoms with Crippen molar-refractivity contribution >= 4 is 16.7 Å². The van der Waals surface area contributed by atoms with Gasteiger partial charge in [0.1, 0.15) is 0 Å². The van der Waals surface area contributed by atoms with Gasteiger partial charge in [0.15, 0.2) is 0 Å². The van der Waals surface area contributed by atoms with Gasteiger partial charge in [-0.15, -0.1) is 0 Å². The molecule has 24 heavy (non-hydrogen) atoms. The highest BCUT2D eigenvalue weighted by molar-refractivity contribution is 7.84. The average molecular weight is 350 g/mol. The number of benzene rings is 1. The summed E-state index contributed by atoms with van der Waals surface area (Å²) in [6.07, 6.45) is 3.97. The standard InChI is InChI=1S/C18H27N3O2S/c1-14(18(22)19-16-5-6-16)21-11-9-20(10-12-21)13-15-3-7-17(8-4-15)24(2)23/h3-4,7-8,14,16H,5-6,9-13H2,1-2H3,(H,19,22)/t14-,24-/m0/s1. The van der Waals surface area contributed by atoms with Crippen LogP contribution in [0.3, 0.4) is 0 Å². The lowest BCUT2D eigenvalue weighted by atomic mass is 10.1. The summed E-state index contributed by atoms with van der Waals surface area (Å²) in [6.45, 7) is 6.72. The largest absolute Gasteiger partial charge is 0.352 e. The van der Waals surface area contributed by atoms with Crippen LogP contribution in [0.1, 0.15) is 25.3 Å². The highest BCUT2D eigenvalue weighted by atomic mass is 32.2. The summed E-state index contributed by atoms with van der Waals surface area (Å²) in [5.41, 5.74) is 1.25. The van der Waals surface area contributed by atoms with Crippen LogP contribution in [0.2, 0.25) is 0 Å². The van der Waals surface area contributed by atoms with Gasteiger partial charge >= 0.3 is 0 Å². The van der Waals surface area contributed by atoms with Gasteiger partial charge in [0.2, 0.25) is 5.91 Å². The Morgan fingerprint density at radius 2 is 1.83 bits per heavy atom. The molecule has 6 heteroatoms. The van der Waals surface area contributed by atoms with Gasteiger partial charge in [-0.25, -0.2) is 0 Å². The van der Waals surface area contributed by atoms with Crippen LogP contribution in [0.25, 0.3) is 0 Å². The maximum absolute atomic E-state index is 12.2. The first-order valence-corrected chi connectivity index (χ1v) is 10.3. The van der Waals surface area contributed by atoms with E-state index in [0.29, 0.717) is 6.04 Å². The molecule has 0 radical (unpaired) electrons. The van der Waals surface area contributed by atoms with E-state index in [1.807, 2.05) is 19.1 Å². The van der Waals surface area contributed by atoms with Crippen molar-refractivity contribution in [3.63, 3.8) is 0 Å². The second-order valence-electron chi connectivity index (χ2n) is 6.87. The van der Waals surface area contributed by atoms with Crippen molar-refractivity contribution < 1.29 is 9.00 Å². The predicted molar refractivity (Wildman–Crippen MR) is 96.3 cm³/mol. The second-order valence-corrected chi connectivity index (χ2v) is 8.25. The number of rotatable bonds is 6. The third-order valence-electron chi connectivity index (χ3n) is 4.92. The van der Waals surface area contributed by atoms with E-state index in [1.165, 1.54) is 5.56 Å². The predicted octanol–water partition coefficient (Wildman–Crippen LogP) is 1.21. The Kier molecular flexibility index (Phi) is 5.69. The number of hydrogen-bond donors (Lipinski definition) is 1. The number of hydrogen-bond acceptors (Lipinski definition) is 4. The Morgan fingerprint density at radius 3 is 2.38 bits per heavy atom. The lowest BCUT2D eigenvalue weighted by Gasteiger charge is -2.37. The summed E-state index contributed by atoms with van der Waals surface area (Å²) in [6, 6.07) is 8.43. The van der Waals surface area contributed by atoms with Crippen LogP contribution in [0.15, 0.2) is 29.2 Å². The van der Waals surface area contributed by atoms with Gasteiger partial charge in [0.05, 0.1) is 6.04 Å². The van der Waals surface area contributed by atoms with Crippen LogP contribution in [0.5, 0.6) is 0 Å². The van der Waals surface area contributed by atoms with Crippen LogP contribution in [-0.4, -0.2) is 64.4 Å². The molecule has 3 rings (SSSR count). The number of carbonyl (C=O) groups excluding carboxylic acids is 1. The van der Waals surface area contributed by atoms with E-state index in [1.54, 1.807) is 6.26 Å². The molecule has 0 bridgehead atoms. The maximum Gasteiger partial charge on any atom is 0.237 e. The van der Waals surface area contributed by atoms with Gasteiger partial charge in [-0.3, -0.25) is 18.8 Å². The summed E-state index contributed by atoms with van der Waals surface area (Å²) in [7, 11) is -0.917. The molecule has 1 aromatic rings. The van der Waals surface area contributed by atoms with Crippen LogP contribution >= 0.6 is 0 Å². The molecular formula is C18H27N3O2S. The molecule has 1 heterocycles. The smallest absolute Gasteiger partial charge is 0.237 e. The third kappa shape index (κ3) is 4.65. The molecule has 2 aliphatic rings. The minimum Gasteiger partial charge on any atom is -0.352 e. The third-order valence-corrected chi connectivity index (χ3v) is 5.86. The molecule has 0 unspecified atom stereocenters. The molecule has 2 atom stereocenters. The van der Waals surface area contributed by atoms with Crippen molar-refractivity contribution in [1.29, 1.82) is 0 Å². The maximum atomic E-state index is 12.2. The van der Waals surface area contributed by atoms with Gasteiger partial charge in [-0.05, 0) is 37.5 Å². The van der Waals surface area contributed by atoms with E-state index in [2.05, 4.69) is 27.2 Å². The quantitative estimate of drug-likeness (QED) is 0.839. The Balaban J connectivity index is 1.46. The van der Waals surface area contributed by atoms with E-state index < -0.39 is 10.8 Å². The molecule has 2 fully saturated rings. The molecule has 1 saturated carbocycles. The van der Waals surface area contributed by atoms with Crippen molar-refractivity contribution in [2.75, 3.05) is 32.4 Å². The number of carbonyl (C=O) groups is 1. The number of nitrogens with one attached hydrogen (secondary N) is 1. The number of amides is 1. The fourth-order valence-electron chi connectivity index (χ4n) is 3.07. The van der Waals surface area contributed by atoms with Crippen molar-refractivity contribution in [3.8, 4) is 0 Å². The molecule has 1 amide bonds. The minimum absolute atomic E-state index is 0.0356. The minimum atomic E-state index is -0.917. The van der Waals surface area contributed by atoms with Gasteiger partial charge in [0.25, 0.3) is 0 Å². The Bertz CT molecular complexity index is 593. The Labute approximate surface area is 146 Å². The summed E-state index contributed by atoms with van der Waals surface area (Å²) in [4.78, 5) is 17.7. The summed E-state index contributed by atoms with van der Waals surface area (Å²) < 4.78 is 11.4. The van der Waals surface area contributed by atoms with Crippen molar-refractivity contribution in [1.82, 2.24) is 15.1 Å². The normalized spacial score (nSPS) is 22.1. The zero-order valence-electron chi connectivity index (χ0n) is 14.5. The molecular weight excluding hydrogens is 322 g/mol. The Hall–Kier alpha value is -1.24. The van der Waals surface area contributed by atoms with E-state index in [-0.39, 0.29) is 11.9 Å². The molecule has 0 aromatic heterocycles. The first-order chi connectivity index (χ1) is 11.5. The van der Waals surface area contributed by atoms with Gasteiger partial charge < -0.3 is 5.32 Å². The molecule has 1 aromatic carbocycles. The Morgan fingerprint density at radius 1 is 1.21 bits per heavy atom. The number of nitrogens with zero attached hydrogens (tertiary/aromatic N) is 2. The van der Waals surface area contributed by atoms with E-state index in [9.17, 15) is 9.00 Å². The highest BCUT2D eigenvalue weighted by Crippen LogP contribution is 2.19. The van der Waals surface area contributed by atoms with Gasteiger partial charge in [-0.1, -0.05) is 12.1 Å². The summed E-state index contributed by atoms with van der Waals surface area (Å²) in [5.74, 6) is 0.175. The van der Waals surface area contributed by atoms with E-state index in [0.717, 1.165) is 50.5 Å². The first kappa shape index (κ1) is 17.6. The molecule has 0 spiro atoms. The van der Waals surface area contributed by atoms with Crippen molar-refractivity contribution in [2.24, 2.45) is 0 Å². The lowest BCUT2D eigenvalue weighted by Crippen LogP contribution is -2.53. The average Bonchev–Trinajstić information content (AvgIpc) is 3.39. The SMILES string of the molecule is C[C@@H](C(=O)NC1CC1)N1CCN(Cc2ccc([S@](C)=O)cc2)CC1. The van der Waals surface area contributed by atoms with Crippen LogP contribution in [-0.2, 0) is 22.1 Å².